The van der Waals surface area contributed by atoms with E-state index >= 15 is 0 Å². The number of ether oxygens (including phenoxy) is 1. The third-order valence-electron chi connectivity index (χ3n) is 1.77. The molecule has 0 saturated heterocycles. The Balaban J connectivity index is 3.25. The van der Waals surface area contributed by atoms with Gasteiger partial charge in [-0.05, 0) is 15.9 Å². The minimum atomic E-state index is -3.08. The van der Waals surface area contributed by atoms with Crippen LogP contribution in [0.3, 0.4) is 0 Å². The number of carbonyl (C=O) groups excluding carboxylic acids is 1. The first-order valence-electron chi connectivity index (χ1n) is 4.51. The van der Waals surface area contributed by atoms with Gasteiger partial charge in [-0.2, -0.15) is 8.78 Å². The second kappa shape index (κ2) is 5.71. The van der Waals surface area contributed by atoms with Crippen LogP contribution in [-0.2, 0) is 4.79 Å². The summed E-state index contributed by atoms with van der Waals surface area (Å²) in [6.07, 6.45) is 0. The fourth-order valence-corrected chi connectivity index (χ4v) is 1.59. The number of nitrogens with one attached hydrogen (secondary N) is 1. The maximum atomic E-state index is 12.1. The Morgan fingerprint density at radius 3 is 2.61 bits per heavy atom. The monoisotopic (exact) mass is 324 g/mol. The third kappa shape index (κ3) is 3.62. The highest BCUT2D eigenvalue weighted by atomic mass is 79.9. The molecule has 1 N–H and O–H groups in total. The average Bonchev–Trinajstić information content (AvgIpc) is 2.20. The normalized spacial score (nSPS) is 10.3. The second-order valence-electron chi connectivity index (χ2n) is 3.12. The zero-order valence-electron chi connectivity index (χ0n) is 8.95. The number of hydrogen-bond donors (Lipinski definition) is 1. The molecule has 1 aromatic rings. The maximum absolute atomic E-state index is 12.1. The van der Waals surface area contributed by atoms with E-state index < -0.39 is 23.1 Å². The predicted molar refractivity (Wildman–Crippen MR) is 61.7 cm³/mol. The predicted octanol–water partition coefficient (Wildman–Crippen LogP) is 2.92. The smallest absolute Gasteiger partial charge is 0.387 e. The van der Waals surface area contributed by atoms with Crippen LogP contribution < -0.4 is 10.1 Å². The molecule has 18 heavy (non-hydrogen) atoms. The Labute approximate surface area is 108 Å². The Hall–Kier alpha value is -1.77. The van der Waals surface area contributed by atoms with E-state index in [1.165, 1.54) is 0 Å². The first-order valence-corrected chi connectivity index (χ1v) is 5.31. The first-order chi connectivity index (χ1) is 8.31. The molecular formula is C9H7BrF2N2O4. The molecule has 6 nitrogen and oxygen atoms in total. The summed E-state index contributed by atoms with van der Waals surface area (Å²) >= 11 is 2.87. The third-order valence-corrected chi connectivity index (χ3v) is 2.39. The van der Waals surface area contributed by atoms with Crippen LogP contribution in [0.25, 0.3) is 0 Å². The van der Waals surface area contributed by atoms with Crippen molar-refractivity contribution in [1.29, 1.82) is 0 Å². The Morgan fingerprint density at radius 2 is 2.17 bits per heavy atom. The lowest BCUT2D eigenvalue weighted by Gasteiger charge is -2.10. The molecule has 0 atom stereocenters. The molecule has 0 aromatic heterocycles. The molecule has 0 aliphatic carbocycles. The van der Waals surface area contributed by atoms with Gasteiger partial charge in [-0.1, -0.05) is 0 Å². The minimum Gasteiger partial charge on any atom is -0.434 e. The molecule has 0 bridgehead atoms. The van der Waals surface area contributed by atoms with Gasteiger partial charge in [-0.3, -0.25) is 14.9 Å². The van der Waals surface area contributed by atoms with E-state index in [2.05, 4.69) is 26.0 Å². The van der Waals surface area contributed by atoms with Crippen LogP contribution >= 0.6 is 15.9 Å². The number of amides is 1. The quantitative estimate of drug-likeness (QED) is 0.682. The van der Waals surface area contributed by atoms with E-state index in [4.69, 9.17) is 0 Å². The minimum absolute atomic E-state index is 0.0106. The summed E-state index contributed by atoms with van der Waals surface area (Å²) in [5.74, 6) is -0.872. The molecule has 1 aromatic carbocycles. The van der Waals surface area contributed by atoms with Crippen molar-refractivity contribution in [3.05, 3.63) is 26.7 Å². The lowest BCUT2D eigenvalue weighted by molar-refractivity contribution is -0.384. The zero-order valence-corrected chi connectivity index (χ0v) is 10.5. The molecule has 98 valence electrons. The molecule has 0 spiro atoms. The topological polar surface area (TPSA) is 81.5 Å². The van der Waals surface area contributed by atoms with Crippen molar-refractivity contribution >= 4 is 33.2 Å². The Bertz CT molecular complexity index is 496. The van der Waals surface area contributed by atoms with Crippen LogP contribution in [0.1, 0.15) is 6.92 Å². The number of nitro groups is 1. The van der Waals surface area contributed by atoms with Crippen LogP contribution in [-0.4, -0.2) is 17.4 Å². The van der Waals surface area contributed by atoms with Crippen molar-refractivity contribution in [2.24, 2.45) is 0 Å². The molecule has 0 aliphatic heterocycles. The van der Waals surface area contributed by atoms with E-state index in [0.717, 1.165) is 19.1 Å². The van der Waals surface area contributed by atoms with Gasteiger partial charge in [0.05, 0.1) is 9.40 Å². The number of benzene rings is 1. The first kappa shape index (κ1) is 14.3. The molecule has 1 amide bonds. The van der Waals surface area contributed by atoms with E-state index in [9.17, 15) is 23.7 Å². The molecule has 0 radical (unpaired) electrons. The highest BCUT2D eigenvalue weighted by Crippen LogP contribution is 2.36. The van der Waals surface area contributed by atoms with Gasteiger partial charge in [0.1, 0.15) is 11.4 Å². The number of alkyl halides is 2. The number of anilines is 1. The SMILES string of the molecule is CC(=O)Nc1cc(OC(F)F)c(Br)cc1[N+](=O)[O-]. The van der Waals surface area contributed by atoms with Gasteiger partial charge >= 0.3 is 6.61 Å². The fourth-order valence-electron chi connectivity index (χ4n) is 1.17. The summed E-state index contributed by atoms with van der Waals surface area (Å²) in [6.45, 7) is -1.94. The number of nitrogens with zero attached hydrogens (tertiary/aromatic N) is 1. The van der Waals surface area contributed by atoms with E-state index in [1.807, 2.05) is 0 Å². The number of rotatable bonds is 4. The molecular weight excluding hydrogens is 318 g/mol. The number of halogens is 3. The summed E-state index contributed by atoms with van der Waals surface area (Å²) in [5, 5.41) is 12.9. The van der Waals surface area contributed by atoms with Crippen molar-refractivity contribution in [3.63, 3.8) is 0 Å². The zero-order chi connectivity index (χ0) is 13.9. The summed E-state index contributed by atoms with van der Waals surface area (Å²) in [5.41, 5.74) is -0.648. The molecule has 9 heteroatoms. The van der Waals surface area contributed by atoms with Crippen LogP contribution in [0, 0.1) is 10.1 Å². The van der Waals surface area contributed by atoms with Crippen LogP contribution in [0.2, 0.25) is 0 Å². The molecule has 0 saturated carbocycles. The summed E-state index contributed by atoms with van der Waals surface area (Å²) in [6, 6.07) is 1.93. The summed E-state index contributed by atoms with van der Waals surface area (Å²) in [4.78, 5) is 20.9. The summed E-state index contributed by atoms with van der Waals surface area (Å²) in [7, 11) is 0. The van der Waals surface area contributed by atoms with E-state index in [1.54, 1.807) is 0 Å². The Kier molecular flexibility index (Phi) is 4.54. The average molecular weight is 325 g/mol. The number of nitro benzene ring substituents is 1. The van der Waals surface area contributed by atoms with E-state index in [0.29, 0.717) is 0 Å². The molecule has 1 rings (SSSR count). The molecule has 0 unspecified atom stereocenters. The van der Waals surface area contributed by atoms with Gasteiger partial charge in [-0.15, -0.1) is 0 Å². The van der Waals surface area contributed by atoms with Crippen LogP contribution in [0.15, 0.2) is 16.6 Å². The van der Waals surface area contributed by atoms with Crippen molar-refractivity contribution in [1.82, 2.24) is 0 Å². The van der Waals surface area contributed by atoms with Crippen LogP contribution in [0.4, 0.5) is 20.2 Å². The summed E-state index contributed by atoms with van der Waals surface area (Å²) < 4.78 is 28.3. The lowest BCUT2D eigenvalue weighted by Crippen LogP contribution is -2.09. The van der Waals surface area contributed by atoms with Gasteiger partial charge in [-0.25, -0.2) is 0 Å². The van der Waals surface area contributed by atoms with Crippen LogP contribution in [0.5, 0.6) is 5.75 Å². The second-order valence-corrected chi connectivity index (χ2v) is 3.97. The molecule has 0 fully saturated rings. The van der Waals surface area contributed by atoms with Crippen molar-refractivity contribution in [3.8, 4) is 5.75 Å². The highest BCUT2D eigenvalue weighted by molar-refractivity contribution is 9.10. The maximum Gasteiger partial charge on any atom is 0.387 e. The van der Waals surface area contributed by atoms with Crippen molar-refractivity contribution in [2.75, 3.05) is 5.32 Å². The standard InChI is InChI=1S/C9H7BrF2N2O4/c1-4(15)13-6-3-8(18-9(11)12)5(10)2-7(6)14(16)17/h2-3,9H,1H3,(H,13,15). The number of carbonyl (C=O) groups is 1. The largest absolute Gasteiger partial charge is 0.434 e. The lowest BCUT2D eigenvalue weighted by atomic mass is 10.2. The van der Waals surface area contributed by atoms with Gasteiger partial charge in [0.2, 0.25) is 5.91 Å². The van der Waals surface area contributed by atoms with Gasteiger partial charge in [0, 0.05) is 19.1 Å². The van der Waals surface area contributed by atoms with Gasteiger partial charge < -0.3 is 10.1 Å². The van der Waals surface area contributed by atoms with E-state index in [-0.39, 0.29) is 15.9 Å². The fraction of sp³-hybridized carbons (Fsp3) is 0.222. The van der Waals surface area contributed by atoms with Gasteiger partial charge in [0.25, 0.3) is 5.69 Å². The molecule has 0 aliphatic rings. The Morgan fingerprint density at radius 1 is 1.56 bits per heavy atom. The van der Waals surface area contributed by atoms with Crippen molar-refractivity contribution < 1.29 is 23.2 Å². The van der Waals surface area contributed by atoms with Crippen molar-refractivity contribution in [2.45, 2.75) is 13.5 Å². The van der Waals surface area contributed by atoms with Gasteiger partial charge in [0.15, 0.2) is 0 Å². The molecule has 0 heterocycles. The number of hydrogen-bond acceptors (Lipinski definition) is 4. The highest BCUT2D eigenvalue weighted by Gasteiger charge is 2.20.